The third-order valence-electron chi connectivity index (χ3n) is 5.54. The highest BCUT2D eigenvalue weighted by atomic mass is 16.4. The van der Waals surface area contributed by atoms with Crippen LogP contribution < -0.4 is 0 Å². The van der Waals surface area contributed by atoms with E-state index >= 15 is 0 Å². The number of quaternary nitrogens is 1. The van der Waals surface area contributed by atoms with Crippen molar-refractivity contribution in [3.8, 4) is 0 Å². The number of hydrogen-bond acceptors (Lipinski definition) is 2. The van der Waals surface area contributed by atoms with Gasteiger partial charge in [0.05, 0.1) is 19.6 Å². The molecule has 4 nitrogen and oxygen atoms in total. The van der Waals surface area contributed by atoms with Gasteiger partial charge in [0.15, 0.2) is 0 Å². The minimum atomic E-state index is -0.702. The van der Waals surface area contributed by atoms with Gasteiger partial charge in [-0.2, -0.15) is 0 Å². The van der Waals surface area contributed by atoms with E-state index in [1.807, 2.05) is 6.08 Å². The highest BCUT2D eigenvalue weighted by Crippen LogP contribution is 2.19. The van der Waals surface area contributed by atoms with Gasteiger partial charge in [0.2, 0.25) is 0 Å². The smallest absolute Gasteiger partial charge is 0.303 e. The first kappa shape index (κ1) is 26.1. The average Bonchev–Trinajstić information content (AvgIpc) is 2.63. The lowest BCUT2D eigenvalue weighted by atomic mass is 10.1. The lowest BCUT2D eigenvalue weighted by molar-refractivity contribution is -0.931. The molecule has 0 aliphatic carbocycles. The molecule has 4 heteroatoms. The topological polar surface area (TPSA) is 57.5 Å². The number of carboxylic acids is 1. The number of aliphatic hydroxyl groups excluding tert-OH is 1. The molecule has 0 aliphatic rings. The van der Waals surface area contributed by atoms with Crippen molar-refractivity contribution < 1.29 is 19.5 Å². The molecule has 0 aromatic rings. The molecule has 0 radical (unpaired) electrons. The Morgan fingerprint density at radius 2 is 1.48 bits per heavy atom. The maximum absolute atomic E-state index is 10.8. The quantitative estimate of drug-likeness (QED) is 0.164. The molecule has 1 atom stereocenters. The predicted octanol–water partition coefficient (Wildman–Crippen LogP) is 5.55. The third-order valence-corrected chi connectivity index (χ3v) is 5.54. The van der Waals surface area contributed by atoms with Crippen LogP contribution in [-0.2, 0) is 4.79 Å². The fraction of sp³-hybridized carbons (Fsp3) is 0.870. The Kier molecular flexibility index (Phi) is 16.7. The number of carbonyl (C=O) groups is 1. The molecule has 0 aliphatic heterocycles. The highest BCUT2D eigenvalue weighted by molar-refractivity contribution is 5.66. The molecule has 0 saturated carbocycles. The molecule has 0 amide bonds. The summed E-state index contributed by atoms with van der Waals surface area (Å²) in [5, 5.41) is 19.6. The van der Waals surface area contributed by atoms with Crippen molar-refractivity contribution in [2.24, 2.45) is 0 Å². The Morgan fingerprint density at radius 3 is 1.96 bits per heavy atom. The lowest BCUT2D eigenvalue weighted by Gasteiger charge is -2.41. The van der Waals surface area contributed by atoms with Gasteiger partial charge in [0.1, 0.15) is 12.6 Å². The number of hydrogen-bond donors (Lipinski definition) is 2. The second-order valence-electron chi connectivity index (χ2n) is 8.19. The maximum atomic E-state index is 10.8. The van der Waals surface area contributed by atoms with Crippen molar-refractivity contribution in [3.05, 3.63) is 12.7 Å². The molecule has 1 unspecified atom stereocenters. The molecule has 0 fully saturated rings. The minimum absolute atomic E-state index is 0.252. The summed E-state index contributed by atoms with van der Waals surface area (Å²) in [6.45, 7) is 12.3. The van der Waals surface area contributed by atoms with Gasteiger partial charge in [-0.1, -0.05) is 39.2 Å². The monoisotopic (exact) mass is 384 g/mol. The van der Waals surface area contributed by atoms with Crippen LogP contribution in [0.15, 0.2) is 12.7 Å². The van der Waals surface area contributed by atoms with Crippen LogP contribution in [-0.4, -0.2) is 52.9 Å². The first-order valence-corrected chi connectivity index (χ1v) is 11.4. The van der Waals surface area contributed by atoms with Crippen LogP contribution in [0, 0.1) is 0 Å². The van der Waals surface area contributed by atoms with Crippen LogP contribution >= 0.6 is 0 Å². The Hall–Kier alpha value is -0.870. The number of aliphatic carboxylic acids is 1. The Balaban J connectivity index is 4.85. The fourth-order valence-corrected chi connectivity index (χ4v) is 3.93. The summed E-state index contributed by atoms with van der Waals surface area (Å²) in [5.74, 6) is -0.702. The highest BCUT2D eigenvalue weighted by Gasteiger charge is 2.29. The summed E-state index contributed by atoms with van der Waals surface area (Å²) < 4.78 is 0.974. The van der Waals surface area contributed by atoms with E-state index in [2.05, 4.69) is 20.4 Å². The van der Waals surface area contributed by atoms with Crippen LogP contribution in [0.4, 0.5) is 0 Å². The van der Waals surface area contributed by atoms with Crippen molar-refractivity contribution in [3.63, 3.8) is 0 Å². The Bertz CT molecular complexity index is 361. The van der Waals surface area contributed by atoms with E-state index in [1.165, 1.54) is 38.5 Å². The maximum Gasteiger partial charge on any atom is 0.303 e. The Morgan fingerprint density at radius 1 is 0.926 bits per heavy atom. The number of carboxylic acid groups (broad SMARTS) is 1. The number of rotatable bonds is 20. The average molecular weight is 385 g/mol. The number of nitrogens with zero attached hydrogens (tertiary/aromatic N) is 1. The van der Waals surface area contributed by atoms with Gasteiger partial charge in [-0.15, -0.1) is 6.58 Å². The Labute approximate surface area is 168 Å². The van der Waals surface area contributed by atoms with Gasteiger partial charge in [-0.05, 0) is 57.8 Å². The van der Waals surface area contributed by atoms with Gasteiger partial charge in [-0.25, -0.2) is 0 Å². The molecule has 0 aromatic heterocycles. The summed E-state index contributed by atoms with van der Waals surface area (Å²) >= 11 is 0. The van der Waals surface area contributed by atoms with Crippen molar-refractivity contribution >= 4 is 5.97 Å². The van der Waals surface area contributed by atoms with E-state index in [4.69, 9.17) is 5.11 Å². The molecule has 27 heavy (non-hydrogen) atoms. The molecule has 0 spiro atoms. The normalized spacial score (nSPS) is 12.9. The minimum Gasteiger partial charge on any atom is -0.481 e. The van der Waals surface area contributed by atoms with Crippen molar-refractivity contribution in [1.82, 2.24) is 0 Å². The van der Waals surface area contributed by atoms with Crippen molar-refractivity contribution in [2.75, 3.05) is 26.2 Å². The number of allylic oxidation sites excluding steroid dienone is 1. The van der Waals surface area contributed by atoms with Crippen LogP contribution in [0.5, 0.6) is 0 Å². The van der Waals surface area contributed by atoms with Gasteiger partial charge in [0.25, 0.3) is 0 Å². The molecule has 0 saturated heterocycles. The summed E-state index contributed by atoms with van der Waals surface area (Å²) in [5.41, 5.74) is 0. The van der Waals surface area contributed by atoms with E-state index in [1.54, 1.807) is 0 Å². The molecule has 0 rings (SSSR count). The number of aliphatic hydroxyl groups is 1. The van der Waals surface area contributed by atoms with E-state index < -0.39 is 5.97 Å². The lowest BCUT2D eigenvalue weighted by Crippen LogP contribution is -2.54. The molecule has 0 aromatic carbocycles. The first-order valence-electron chi connectivity index (χ1n) is 11.4. The zero-order valence-corrected chi connectivity index (χ0v) is 18.1. The molecular formula is C23H46NO3+. The van der Waals surface area contributed by atoms with E-state index in [-0.39, 0.29) is 12.5 Å². The van der Waals surface area contributed by atoms with E-state index in [0.29, 0.717) is 0 Å². The SMILES string of the molecule is C=CCCCCC(O)C[N+](CCCCC)(CCCCC)CCCCC(=O)O. The standard InChI is InChI=1S/C23H45NO3/c1-4-7-10-11-16-22(25)21-24(18-13-8-5-2,19-14-9-6-3)20-15-12-17-23(26)27/h4,22,25H,1,5-21H2,2-3H3/p+1. The van der Waals surface area contributed by atoms with Gasteiger partial charge >= 0.3 is 5.97 Å². The summed E-state index contributed by atoms with van der Waals surface area (Å²) in [6.07, 6.45) is 15.0. The van der Waals surface area contributed by atoms with Gasteiger partial charge in [-0.3, -0.25) is 4.79 Å². The summed E-state index contributed by atoms with van der Waals surface area (Å²) in [7, 11) is 0. The second kappa shape index (κ2) is 17.2. The third kappa shape index (κ3) is 14.8. The first-order chi connectivity index (χ1) is 13.0. The summed E-state index contributed by atoms with van der Waals surface area (Å²) in [4.78, 5) is 10.8. The van der Waals surface area contributed by atoms with Gasteiger partial charge < -0.3 is 14.7 Å². The molecule has 160 valence electrons. The molecule has 2 N–H and O–H groups in total. The zero-order valence-electron chi connectivity index (χ0n) is 18.1. The fourth-order valence-electron chi connectivity index (χ4n) is 3.93. The molecular weight excluding hydrogens is 338 g/mol. The molecule has 0 bridgehead atoms. The van der Waals surface area contributed by atoms with Crippen LogP contribution in [0.25, 0.3) is 0 Å². The number of unbranched alkanes of at least 4 members (excludes halogenated alkanes) is 7. The largest absolute Gasteiger partial charge is 0.481 e. The van der Waals surface area contributed by atoms with E-state index in [9.17, 15) is 9.90 Å². The molecule has 0 heterocycles. The summed E-state index contributed by atoms with van der Waals surface area (Å²) in [6, 6.07) is 0. The van der Waals surface area contributed by atoms with E-state index in [0.717, 1.165) is 69.2 Å². The van der Waals surface area contributed by atoms with Crippen LogP contribution in [0.2, 0.25) is 0 Å². The van der Waals surface area contributed by atoms with Crippen LogP contribution in [0.3, 0.4) is 0 Å². The van der Waals surface area contributed by atoms with Crippen LogP contribution in [0.1, 0.15) is 97.3 Å². The second-order valence-corrected chi connectivity index (χ2v) is 8.19. The van der Waals surface area contributed by atoms with Crippen molar-refractivity contribution in [1.29, 1.82) is 0 Å². The predicted molar refractivity (Wildman–Crippen MR) is 115 cm³/mol. The van der Waals surface area contributed by atoms with Gasteiger partial charge in [0, 0.05) is 6.42 Å². The zero-order chi connectivity index (χ0) is 20.4. The van der Waals surface area contributed by atoms with Crippen molar-refractivity contribution in [2.45, 2.75) is 103 Å².